The first-order valence-electron chi connectivity index (χ1n) is 17.5. The van der Waals surface area contributed by atoms with Crippen molar-refractivity contribution in [2.45, 2.75) is 12.3 Å². The smallest absolute Gasteiger partial charge is 0.143 e. The maximum Gasteiger partial charge on any atom is 0.143 e. The maximum atomic E-state index is 6.62. The number of hydrogen-bond acceptors (Lipinski definition) is 3. The second kappa shape index (κ2) is 11.2. The first kappa shape index (κ1) is 28.7. The molecule has 0 fully saturated rings. The number of rotatable bonds is 5. The van der Waals surface area contributed by atoms with Gasteiger partial charge in [0.2, 0.25) is 0 Å². The molecule has 3 heteroatoms. The summed E-state index contributed by atoms with van der Waals surface area (Å²) in [5.74, 6) is 0.0877. The molecule has 0 amide bonds. The van der Waals surface area contributed by atoms with Gasteiger partial charge in [0.15, 0.2) is 0 Å². The molecule has 0 spiro atoms. The van der Waals surface area contributed by atoms with Crippen LogP contribution in [0.5, 0.6) is 0 Å². The fourth-order valence-electron chi connectivity index (χ4n) is 8.25. The number of furan rings is 2. The van der Waals surface area contributed by atoms with Crippen molar-refractivity contribution in [3.63, 3.8) is 0 Å². The van der Waals surface area contributed by atoms with Crippen LogP contribution in [0, 0.1) is 0 Å². The fraction of sp³-hybridized carbons (Fsp3) is 0.0417. The monoisotopic (exact) mass is 670 g/mol. The van der Waals surface area contributed by atoms with Crippen molar-refractivity contribution in [2.75, 3.05) is 0 Å². The topological polar surface area (TPSA) is 26.3 Å². The van der Waals surface area contributed by atoms with E-state index in [1.54, 1.807) is 0 Å². The van der Waals surface area contributed by atoms with Crippen LogP contribution in [-0.4, -0.2) is 0 Å². The van der Waals surface area contributed by atoms with Crippen molar-refractivity contribution >= 4 is 86.2 Å². The Bertz CT molecular complexity index is 3140. The summed E-state index contributed by atoms with van der Waals surface area (Å²) in [5.41, 5.74) is 10.0. The van der Waals surface area contributed by atoms with Crippen LogP contribution in [0.1, 0.15) is 22.6 Å². The van der Waals surface area contributed by atoms with Gasteiger partial charge in [-0.05, 0) is 88.2 Å². The molecule has 0 unspecified atom stereocenters. The average molecular weight is 671 g/mol. The molecule has 0 aliphatic rings. The SMILES string of the molecule is c1cc(-c2ccc3sc4ccccc4c3c2)cc([C@H](Cc2cccc3oc4c5ccccc5ccc4c23)c2ccc3oc4ccccc4c3c2)c1. The lowest BCUT2D eigenvalue weighted by Crippen LogP contribution is -2.06. The molecule has 3 aromatic heterocycles. The summed E-state index contributed by atoms with van der Waals surface area (Å²) in [7, 11) is 0. The molecular weight excluding hydrogens is 641 g/mol. The zero-order valence-electron chi connectivity index (χ0n) is 27.6. The van der Waals surface area contributed by atoms with Crippen LogP contribution in [0.4, 0.5) is 0 Å². The standard InChI is InChI=1S/C48H30O2S/c1-2-13-35-29(9-1)19-22-38-47-34(12-8-17-44(47)50-48(35)38)28-39(33-20-23-43-40(27-33)36-14-3-5-16-42(36)49-43)32-11-7-10-30(25-32)31-21-24-46-41(26-31)37-15-4-6-18-45(37)51-46/h1-27,39H,28H2/t39-/m0/s1. The minimum Gasteiger partial charge on any atom is -0.456 e. The van der Waals surface area contributed by atoms with E-state index in [1.807, 2.05) is 17.4 Å². The minimum atomic E-state index is 0.0877. The summed E-state index contributed by atoms with van der Waals surface area (Å²) in [4.78, 5) is 0. The number of para-hydroxylation sites is 1. The highest BCUT2D eigenvalue weighted by Gasteiger charge is 2.22. The Balaban J connectivity index is 1.10. The molecule has 240 valence electrons. The summed E-state index contributed by atoms with van der Waals surface area (Å²) in [6, 6.07) is 59.4. The fourth-order valence-corrected chi connectivity index (χ4v) is 9.33. The Kier molecular flexibility index (Phi) is 6.28. The van der Waals surface area contributed by atoms with E-state index in [4.69, 9.17) is 8.83 Å². The summed E-state index contributed by atoms with van der Waals surface area (Å²) in [6.07, 6.45) is 0.817. The Morgan fingerprint density at radius 1 is 0.431 bits per heavy atom. The van der Waals surface area contributed by atoms with Crippen molar-refractivity contribution in [1.82, 2.24) is 0 Å². The van der Waals surface area contributed by atoms with Gasteiger partial charge in [-0.2, -0.15) is 0 Å². The number of benzene rings is 8. The molecule has 11 rings (SSSR count). The van der Waals surface area contributed by atoms with Crippen LogP contribution < -0.4 is 0 Å². The van der Waals surface area contributed by atoms with E-state index in [0.717, 1.165) is 44.9 Å². The van der Waals surface area contributed by atoms with E-state index in [1.165, 1.54) is 64.1 Å². The van der Waals surface area contributed by atoms with Gasteiger partial charge in [-0.15, -0.1) is 11.3 Å². The van der Waals surface area contributed by atoms with Gasteiger partial charge in [-0.1, -0.05) is 115 Å². The van der Waals surface area contributed by atoms with E-state index in [0.29, 0.717) is 0 Å². The Morgan fingerprint density at radius 2 is 1.18 bits per heavy atom. The second-order valence-corrected chi connectivity index (χ2v) is 14.7. The average Bonchev–Trinajstić information content (AvgIpc) is 3.88. The van der Waals surface area contributed by atoms with Gasteiger partial charge in [-0.3, -0.25) is 0 Å². The third-order valence-corrected chi connectivity index (χ3v) is 11.9. The molecule has 8 aromatic carbocycles. The lowest BCUT2D eigenvalue weighted by atomic mass is 9.83. The molecule has 0 saturated carbocycles. The highest BCUT2D eigenvalue weighted by atomic mass is 32.1. The van der Waals surface area contributed by atoms with Crippen LogP contribution in [0.15, 0.2) is 173 Å². The quantitative estimate of drug-likeness (QED) is 0.182. The predicted octanol–water partition coefficient (Wildman–Crippen LogP) is 14.0. The summed E-state index contributed by atoms with van der Waals surface area (Å²) in [6.45, 7) is 0. The van der Waals surface area contributed by atoms with E-state index < -0.39 is 0 Å². The lowest BCUT2D eigenvalue weighted by molar-refractivity contribution is 0.668. The van der Waals surface area contributed by atoms with Crippen LogP contribution in [0.3, 0.4) is 0 Å². The molecule has 3 heterocycles. The molecule has 11 aromatic rings. The normalized spacial score (nSPS) is 12.7. The molecule has 0 radical (unpaired) electrons. The maximum absolute atomic E-state index is 6.62. The molecule has 51 heavy (non-hydrogen) atoms. The van der Waals surface area contributed by atoms with Gasteiger partial charge >= 0.3 is 0 Å². The van der Waals surface area contributed by atoms with E-state index in [2.05, 4.69) is 158 Å². The van der Waals surface area contributed by atoms with Gasteiger partial charge in [0.05, 0.1) is 0 Å². The van der Waals surface area contributed by atoms with Gasteiger partial charge in [0.1, 0.15) is 22.3 Å². The van der Waals surface area contributed by atoms with Gasteiger partial charge < -0.3 is 8.83 Å². The van der Waals surface area contributed by atoms with Gasteiger partial charge in [0, 0.05) is 53.0 Å². The molecule has 0 aliphatic heterocycles. The van der Waals surface area contributed by atoms with Crippen molar-refractivity contribution in [1.29, 1.82) is 0 Å². The van der Waals surface area contributed by atoms with Crippen molar-refractivity contribution in [3.8, 4) is 11.1 Å². The molecule has 2 nitrogen and oxygen atoms in total. The zero-order chi connectivity index (χ0) is 33.5. The molecule has 1 atom stereocenters. The first-order valence-corrected chi connectivity index (χ1v) is 18.3. The number of thiophene rings is 1. The van der Waals surface area contributed by atoms with Crippen molar-refractivity contribution in [2.24, 2.45) is 0 Å². The van der Waals surface area contributed by atoms with E-state index in [9.17, 15) is 0 Å². The Hall–Kier alpha value is -6.16. The van der Waals surface area contributed by atoms with E-state index >= 15 is 0 Å². The Labute approximate surface area is 297 Å². The summed E-state index contributed by atoms with van der Waals surface area (Å²) < 4.78 is 15.5. The summed E-state index contributed by atoms with van der Waals surface area (Å²) >= 11 is 1.86. The second-order valence-electron chi connectivity index (χ2n) is 13.6. The highest BCUT2D eigenvalue weighted by Crippen LogP contribution is 2.41. The van der Waals surface area contributed by atoms with E-state index in [-0.39, 0.29) is 5.92 Å². The van der Waals surface area contributed by atoms with Crippen LogP contribution in [0.2, 0.25) is 0 Å². The van der Waals surface area contributed by atoms with Gasteiger partial charge in [0.25, 0.3) is 0 Å². The molecule has 0 aliphatic carbocycles. The third-order valence-electron chi connectivity index (χ3n) is 10.7. The highest BCUT2D eigenvalue weighted by molar-refractivity contribution is 7.25. The minimum absolute atomic E-state index is 0.0877. The number of hydrogen-bond donors (Lipinski definition) is 0. The molecule has 0 saturated heterocycles. The van der Waals surface area contributed by atoms with Gasteiger partial charge in [-0.25, -0.2) is 0 Å². The van der Waals surface area contributed by atoms with Crippen molar-refractivity contribution < 1.29 is 8.83 Å². The van der Waals surface area contributed by atoms with Crippen LogP contribution in [0.25, 0.3) is 85.9 Å². The molecular formula is C48H30O2S. The number of fused-ring (bicyclic) bond motifs is 11. The third kappa shape index (κ3) is 4.55. The Morgan fingerprint density at radius 3 is 2.14 bits per heavy atom. The van der Waals surface area contributed by atoms with Crippen molar-refractivity contribution in [3.05, 3.63) is 180 Å². The molecule has 0 bridgehead atoms. The summed E-state index contributed by atoms with van der Waals surface area (Å²) in [5, 5.41) is 9.64. The molecule has 0 N–H and O–H groups in total. The lowest BCUT2D eigenvalue weighted by Gasteiger charge is -2.20. The zero-order valence-corrected chi connectivity index (χ0v) is 28.4. The predicted molar refractivity (Wildman–Crippen MR) is 215 cm³/mol. The van der Waals surface area contributed by atoms with Crippen LogP contribution >= 0.6 is 11.3 Å². The largest absolute Gasteiger partial charge is 0.456 e. The first-order chi connectivity index (χ1) is 25.2. The van der Waals surface area contributed by atoms with Crippen LogP contribution in [-0.2, 0) is 6.42 Å².